The molecule has 0 bridgehead atoms. The quantitative estimate of drug-likeness (QED) is 0.625. The van der Waals surface area contributed by atoms with Gasteiger partial charge in [-0.3, -0.25) is 10.1 Å². The van der Waals surface area contributed by atoms with Crippen molar-refractivity contribution >= 4 is 11.5 Å². The lowest BCUT2D eigenvalue weighted by molar-refractivity contribution is -0.385. The van der Waals surface area contributed by atoms with Gasteiger partial charge >= 0.3 is 5.69 Å². The lowest BCUT2D eigenvalue weighted by Crippen LogP contribution is -2.42. The van der Waals surface area contributed by atoms with E-state index in [4.69, 9.17) is 4.74 Å². The van der Waals surface area contributed by atoms with Gasteiger partial charge in [-0.05, 0) is 33.2 Å². The first-order valence-corrected chi connectivity index (χ1v) is 7.08. The summed E-state index contributed by atoms with van der Waals surface area (Å²) in [4.78, 5) is 20.8. The van der Waals surface area contributed by atoms with E-state index >= 15 is 0 Å². The molecule has 0 saturated carbocycles. The highest BCUT2D eigenvalue weighted by Crippen LogP contribution is 2.34. The third kappa shape index (κ3) is 3.38. The standard InChI is InChI=1S/C13H21N5O3/c1-9(2)17(7-10-5-4-6-14-10)12-11(18(19)20)13(21-3)16-8-15-12/h8-10,14H,4-7H2,1-3H3. The number of nitro groups is 1. The van der Waals surface area contributed by atoms with Gasteiger partial charge in [-0.15, -0.1) is 0 Å². The molecule has 1 saturated heterocycles. The van der Waals surface area contributed by atoms with Gasteiger partial charge in [0.05, 0.1) is 12.0 Å². The summed E-state index contributed by atoms with van der Waals surface area (Å²) in [7, 11) is 1.37. The van der Waals surface area contributed by atoms with E-state index in [1.54, 1.807) is 0 Å². The van der Waals surface area contributed by atoms with Crippen LogP contribution in [0.3, 0.4) is 0 Å². The Morgan fingerprint density at radius 3 is 2.86 bits per heavy atom. The Morgan fingerprint density at radius 1 is 1.57 bits per heavy atom. The molecule has 1 N–H and O–H groups in total. The largest absolute Gasteiger partial charge is 0.476 e. The molecule has 2 heterocycles. The van der Waals surface area contributed by atoms with Gasteiger partial charge in [0, 0.05) is 18.6 Å². The molecule has 0 aromatic carbocycles. The number of hydrogen-bond donors (Lipinski definition) is 1. The molecule has 8 heteroatoms. The minimum Gasteiger partial charge on any atom is -0.476 e. The number of nitrogens with zero attached hydrogens (tertiary/aromatic N) is 4. The lowest BCUT2D eigenvalue weighted by Gasteiger charge is -2.30. The molecule has 116 valence electrons. The fourth-order valence-corrected chi connectivity index (χ4v) is 2.57. The van der Waals surface area contributed by atoms with Crippen molar-refractivity contribution in [2.75, 3.05) is 25.1 Å². The SMILES string of the molecule is COc1ncnc(N(CC2CCCN2)C(C)C)c1[N+](=O)[O-]. The fraction of sp³-hybridized carbons (Fsp3) is 0.692. The molecule has 1 aromatic rings. The van der Waals surface area contributed by atoms with Crippen LogP contribution in [0.1, 0.15) is 26.7 Å². The Morgan fingerprint density at radius 2 is 2.33 bits per heavy atom. The van der Waals surface area contributed by atoms with E-state index in [2.05, 4.69) is 15.3 Å². The van der Waals surface area contributed by atoms with Crippen LogP contribution in [-0.4, -0.2) is 47.2 Å². The number of rotatable bonds is 6. The van der Waals surface area contributed by atoms with Crippen molar-refractivity contribution in [2.45, 2.75) is 38.8 Å². The van der Waals surface area contributed by atoms with Crippen LogP contribution < -0.4 is 15.0 Å². The zero-order valence-electron chi connectivity index (χ0n) is 12.6. The van der Waals surface area contributed by atoms with E-state index in [0.717, 1.165) is 19.4 Å². The van der Waals surface area contributed by atoms with Gasteiger partial charge in [0.25, 0.3) is 5.88 Å². The zero-order chi connectivity index (χ0) is 15.4. The second-order valence-corrected chi connectivity index (χ2v) is 5.35. The first-order chi connectivity index (χ1) is 10.0. The molecule has 1 aliphatic rings. The van der Waals surface area contributed by atoms with Crippen LogP contribution in [0.4, 0.5) is 11.5 Å². The van der Waals surface area contributed by atoms with Crippen molar-refractivity contribution in [3.63, 3.8) is 0 Å². The molecule has 1 unspecified atom stereocenters. The Balaban J connectivity index is 2.37. The Kier molecular flexibility index (Phi) is 4.89. The van der Waals surface area contributed by atoms with Crippen LogP contribution in [0.25, 0.3) is 0 Å². The molecule has 2 rings (SSSR count). The van der Waals surface area contributed by atoms with Crippen molar-refractivity contribution in [1.82, 2.24) is 15.3 Å². The van der Waals surface area contributed by atoms with Crippen LogP contribution in [0.2, 0.25) is 0 Å². The number of ether oxygens (including phenoxy) is 1. The first kappa shape index (κ1) is 15.4. The lowest BCUT2D eigenvalue weighted by atomic mass is 10.2. The summed E-state index contributed by atoms with van der Waals surface area (Å²) >= 11 is 0. The van der Waals surface area contributed by atoms with Crippen molar-refractivity contribution in [2.24, 2.45) is 0 Å². The average Bonchev–Trinajstić information content (AvgIpc) is 2.96. The van der Waals surface area contributed by atoms with E-state index in [-0.39, 0.29) is 17.6 Å². The monoisotopic (exact) mass is 295 g/mol. The van der Waals surface area contributed by atoms with Crippen LogP contribution in [0.5, 0.6) is 5.88 Å². The van der Waals surface area contributed by atoms with E-state index in [0.29, 0.717) is 18.4 Å². The first-order valence-electron chi connectivity index (χ1n) is 7.08. The van der Waals surface area contributed by atoms with Gasteiger partial charge in [-0.25, -0.2) is 4.98 Å². The third-order valence-electron chi connectivity index (χ3n) is 3.62. The summed E-state index contributed by atoms with van der Waals surface area (Å²) in [5.41, 5.74) is -0.174. The number of hydrogen-bond acceptors (Lipinski definition) is 7. The molecule has 1 aliphatic heterocycles. The van der Waals surface area contributed by atoms with Crippen molar-refractivity contribution in [3.05, 3.63) is 16.4 Å². The van der Waals surface area contributed by atoms with Gasteiger partial charge in [0.1, 0.15) is 6.33 Å². The smallest absolute Gasteiger partial charge is 0.372 e. The minimum absolute atomic E-state index is 0.00460. The molecule has 8 nitrogen and oxygen atoms in total. The number of anilines is 1. The summed E-state index contributed by atoms with van der Waals surface area (Å²) in [5.74, 6) is 0.311. The number of aromatic nitrogens is 2. The summed E-state index contributed by atoms with van der Waals surface area (Å²) in [5, 5.41) is 14.8. The molecule has 0 amide bonds. The van der Waals surface area contributed by atoms with Crippen LogP contribution in [-0.2, 0) is 0 Å². The molecule has 21 heavy (non-hydrogen) atoms. The molecule has 1 atom stereocenters. The highest BCUT2D eigenvalue weighted by atomic mass is 16.6. The predicted molar refractivity (Wildman–Crippen MR) is 78.7 cm³/mol. The second kappa shape index (κ2) is 6.66. The van der Waals surface area contributed by atoms with Gasteiger partial charge in [-0.1, -0.05) is 0 Å². The Bertz CT molecular complexity index is 503. The molecule has 0 spiro atoms. The molecule has 0 aliphatic carbocycles. The fourth-order valence-electron chi connectivity index (χ4n) is 2.57. The van der Waals surface area contributed by atoms with Crippen molar-refractivity contribution < 1.29 is 9.66 Å². The predicted octanol–water partition coefficient (Wildman–Crippen LogP) is 1.36. The van der Waals surface area contributed by atoms with E-state index < -0.39 is 4.92 Å². The zero-order valence-corrected chi connectivity index (χ0v) is 12.6. The Labute approximate surface area is 123 Å². The molecular weight excluding hydrogens is 274 g/mol. The molecule has 1 fully saturated rings. The van der Waals surface area contributed by atoms with Gasteiger partial charge in [0.15, 0.2) is 0 Å². The topological polar surface area (TPSA) is 93.4 Å². The third-order valence-corrected chi connectivity index (χ3v) is 3.62. The van der Waals surface area contributed by atoms with Crippen molar-refractivity contribution in [3.8, 4) is 5.88 Å². The van der Waals surface area contributed by atoms with Crippen molar-refractivity contribution in [1.29, 1.82) is 0 Å². The van der Waals surface area contributed by atoms with Crippen LogP contribution in [0, 0.1) is 10.1 Å². The van der Waals surface area contributed by atoms with Crippen LogP contribution in [0.15, 0.2) is 6.33 Å². The van der Waals surface area contributed by atoms with Gasteiger partial charge < -0.3 is 15.0 Å². The maximum absolute atomic E-state index is 11.4. The summed E-state index contributed by atoms with van der Waals surface area (Å²) in [6.45, 7) is 5.66. The Hall–Kier alpha value is -1.96. The van der Waals surface area contributed by atoms with Gasteiger partial charge in [-0.2, -0.15) is 4.98 Å². The maximum atomic E-state index is 11.4. The summed E-state index contributed by atoms with van der Waals surface area (Å²) in [6.07, 6.45) is 3.50. The van der Waals surface area contributed by atoms with Crippen LogP contribution >= 0.6 is 0 Å². The second-order valence-electron chi connectivity index (χ2n) is 5.35. The van der Waals surface area contributed by atoms with E-state index in [1.807, 2.05) is 18.7 Å². The van der Waals surface area contributed by atoms with E-state index in [9.17, 15) is 10.1 Å². The molecule has 0 radical (unpaired) electrons. The average molecular weight is 295 g/mol. The normalized spacial score (nSPS) is 18.0. The molecular formula is C13H21N5O3. The highest BCUT2D eigenvalue weighted by Gasteiger charge is 2.31. The number of nitrogens with one attached hydrogen (secondary N) is 1. The highest BCUT2D eigenvalue weighted by molar-refractivity contribution is 5.63. The maximum Gasteiger partial charge on any atom is 0.372 e. The van der Waals surface area contributed by atoms with Gasteiger partial charge in [0.2, 0.25) is 5.82 Å². The minimum atomic E-state index is -0.481. The number of methoxy groups -OCH3 is 1. The summed E-state index contributed by atoms with van der Waals surface area (Å²) in [6, 6.07) is 0.415. The molecule has 1 aromatic heterocycles. The summed E-state index contributed by atoms with van der Waals surface area (Å²) < 4.78 is 5.01. The van der Waals surface area contributed by atoms with E-state index in [1.165, 1.54) is 13.4 Å².